The Morgan fingerprint density at radius 1 is 1.37 bits per heavy atom. The molecule has 1 aromatic rings. The number of rotatable bonds is 3. The quantitative estimate of drug-likeness (QED) is 0.924. The lowest BCUT2D eigenvalue weighted by Gasteiger charge is -2.16. The highest BCUT2D eigenvalue weighted by atomic mass is 79.9. The molecule has 2 aliphatic rings. The third kappa shape index (κ3) is 2.81. The number of carbonyl (C=O) groups is 2. The Balaban J connectivity index is 1.62. The fourth-order valence-corrected chi connectivity index (χ4v) is 2.87. The Hall–Kier alpha value is -1.36. The molecule has 1 saturated carbocycles. The Kier molecular flexibility index (Phi) is 3.31. The van der Waals surface area contributed by atoms with Crippen molar-refractivity contribution >= 4 is 27.7 Å². The van der Waals surface area contributed by atoms with Crippen LogP contribution in [-0.2, 0) is 4.79 Å². The third-order valence-corrected chi connectivity index (χ3v) is 4.06. The van der Waals surface area contributed by atoms with E-state index in [4.69, 9.17) is 0 Å². The molecule has 0 bridgehead atoms. The van der Waals surface area contributed by atoms with Crippen molar-refractivity contribution in [2.75, 3.05) is 6.54 Å². The smallest absolute Gasteiger partial charge is 0.251 e. The lowest BCUT2D eigenvalue weighted by molar-refractivity contribution is -0.128. The van der Waals surface area contributed by atoms with Crippen LogP contribution in [0.15, 0.2) is 28.7 Å². The Morgan fingerprint density at radius 2 is 2.16 bits per heavy atom. The van der Waals surface area contributed by atoms with E-state index in [0.29, 0.717) is 24.6 Å². The predicted octanol–water partition coefficient (Wildman–Crippen LogP) is 1.94. The van der Waals surface area contributed by atoms with Crippen LogP contribution in [0.25, 0.3) is 0 Å². The molecule has 5 heteroatoms. The van der Waals surface area contributed by atoms with Gasteiger partial charge in [-0.25, -0.2) is 0 Å². The standard InChI is InChI=1S/C14H15BrN2O2/c15-10-3-1-2-9(6-10)14(19)16-11-7-13(18)17(8-11)12-4-5-12/h1-3,6,11-12H,4-5,7-8H2,(H,16,19). The molecular weight excluding hydrogens is 308 g/mol. The number of nitrogens with one attached hydrogen (secondary N) is 1. The van der Waals surface area contributed by atoms with E-state index in [9.17, 15) is 9.59 Å². The molecule has 4 nitrogen and oxygen atoms in total. The number of amides is 2. The Bertz CT molecular complexity index is 528. The summed E-state index contributed by atoms with van der Waals surface area (Å²) in [5, 5.41) is 2.94. The van der Waals surface area contributed by atoms with E-state index >= 15 is 0 Å². The van der Waals surface area contributed by atoms with Gasteiger partial charge in [0.25, 0.3) is 5.91 Å². The first-order chi connectivity index (χ1) is 9.13. The molecule has 2 fully saturated rings. The maximum atomic E-state index is 12.1. The van der Waals surface area contributed by atoms with Gasteiger partial charge in [-0.15, -0.1) is 0 Å². The van der Waals surface area contributed by atoms with Crippen LogP contribution in [0, 0.1) is 0 Å². The van der Waals surface area contributed by atoms with E-state index in [1.165, 1.54) is 0 Å². The van der Waals surface area contributed by atoms with Crippen LogP contribution in [0.2, 0.25) is 0 Å². The minimum atomic E-state index is -0.114. The molecule has 1 heterocycles. The lowest BCUT2D eigenvalue weighted by Crippen LogP contribution is -2.37. The lowest BCUT2D eigenvalue weighted by atomic mass is 10.2. The molecule has 1 unspecified atom stereocenters. The van der Waals surface area contributed by atoms with E-state index in [-0.39, 0.29) is 17.9 Å². The van der Waals surface area contributed by atoms with Crippen LogP contribution in [-0.4, -0.2) is 35.3 Å². The molecule has 1 aliphatic carbocycles. The fraction of sp³-hybridized carbons (Fsp3) is 0.429. The van der Waals surface area contributed by atoms with Crippen molar-refractivity contribution in [3.63, 3.8) is 0 Å². The largest absolute Gasteiger partial charge is 0.347 e. The van der Waals surface area contributed by atoms with Crippen molar-refractivity contribution in [2.45, 2.75) is 31.3 Å². The van der Waals surface area contributed by atoms with Gasteiger partial charge in [0.05, 0.1) is 6.04 Å². The maximum Gasteiger partial charge on any atom is 0.251 e. The van der Waals surface area contributed by atoms with E-state index in [0.717, 1.165) is 17.3 Å². The van der Waals surface area contributed by atoms with Gasteiger partial charge in [0.2, 0.25) is 5.91 Å². The van der Waals surface area contributed by atoms with Gasteiger partial charge in [-0.2, -0.15) is 0 Å². The van der Waals surface area contributed by atoms with E-state index in [1.807, 2.05) is 17.0 Å². The summed E-state index contributed by atoms with van der Waals surface area (Å²) >= 11 is 3.35. The molecule has 2 amide bonds. The number of halogens is 1. The monoisotopic (exact) mass is 322 g/mol. The number of hydrogen-bond donors (Lipinski definition) is 1. The van der Waals surface area contributed by atoms with Crippen LogP contribution >= 0.6 is 15.9 Å². The van der Waals surface area contributed by atoms with Gasteiger partial charge in [0.15, 0.2) is 0 Å². The SMILES string of the molecule is O=C(NC1CC(=O)N(C2CC2)C1)c1cccc(Br)c1. The number of carbonyl (C=O) groups excluding carboxylic acids is 2. The Labute approximate surface area is 120 Å². The minimum absolute atomic E-state index is 0.0559. The molecule has 19 heavy (non-hydrogen) atoms. The van der Waals surface area contributed by atoms with Gasteiger partial charge in [0, 0.05) is 29.0 Å². The van der Waals surface area contributed by atoms with Crippen molar-refractivity contribution in [1.82, 2.24) is 10.2 Å². The van der Waals surface area contributed by atoms with Crippen LogP contribution in [0.1, 0.15) is 29.6 Å². The third-order valence-electron chi connectivity index (χ3n) is 3.57. The molecule has 0 spiro atoms. The highest BCUT2D eigenvalue weighted by Gasteiger charge is 2.39. The molecule has 3 rings (SSSR count). The zero-order chi connectivity index (χ0) is 13.4. The maximum absolute atomic E-state index is 12.1. The molecule has 1 N–H and O–H groups in total. The molecule has 0 radical (unpaired) electrons. The summed E-state index contributed by atoms with van der Waals surface area (Å²) in [6.07, 6.45) is 2.65. The predicted molar refractivity (Wildman–Crippen MR) is 74.7 cm³/mol. The Morgan fingerprint density at radius 3 is 2.84 bits per heavy atom. The first-order valence-corrected chi connectivity index (χ1v) is 7.28. The molecule has 1 saturated heterocycles. The average Bonchev–Trinajstić information content (AvgIpc) is 3.14. The summed E-state index contributed by atoms with van der Waals surface area (Å²) in [5.74, 6) is 0.0544. The molecule has 1 aromatic carbocycles. The normalized spacial score (nSPS) is 22.7. The summed E-state index contributed by atoms with van der Waals surface area (Å²) in [5.41, 5.74) is 0.617. The van der Waals surface area contributed by atoms with Crippen molar-refractivity contribution in [3.8, 4) is 0 Å². The van der Waals surface area contributed by atoms with Crippen LogP contribution < -0.4 is 5.32 Å². The van der Waals surface area contributed by atoms with Gasteiger partial charge in [-0.1, -0.05) is 22.0 Å². The first-order valence-electron chi connectivity index (χ1n) is 6.49. The molecule has 100 valence electrons. The number of benzene rings is 1. The summed E-state index contributed by atoms with van der Waals surface area (Å²) in [6.45, 7) is 0.656. The van der Waals surface area contributed by atoms with Crippen molar-refractivity contribution in [1.29, 1.82) is 0 Å². The van der Waals surface area contributed by atoms with E-state index in [2.05, 4.69) is 21.2 Å². The summed E-state index contributed by atoms with van der Waals surface area (Å²) in [6, 6.07) is 7.64. The first kappa shape index (κ1) is 12.7. The van der Waals surface area contributed by atoms with Gasteiger partial charge >= 0.3 is 0 Å². The highest BCUT2D eigenvalue weighted by Crippen LogP contribution is 2.30. The van der Waals surface area contributed by atoms with Gasteiger partial charge < -0.3 is 10.2 Å². The second kappa shape index (κ2) is 4.96. The summed E-state index contributed by atoms with van der Waals surface area (Å²) < 4.78 is 0.877. The van der Waals surface area contributed by atoms with E-state index in [1.54, 1.807) is 12.1 Å². The van der Waals surface area contributed by atoms with E-state index < -0.39 is 0 Å². The van der Waals surface area contributed by atoms with Gasteiger partial charge in [-0.05, 0) is 31.0 Å². The van der Waals surface area contributed by atoms with Crippen molar-refractivity contribution in [3.05, 3.63) is 34.3 Å². The second-order valence-corrected chi connectivity index (χ2v) is 6.08. The molecular formula is C14H15BrN2O2. The summed E-state index contributed by atoms with van der Waals surface area (Å²) in [7, 11) is 0. The number of nitrogens with zero attached hydrogens (tertiary/aromatic N) is 1. The van der Waals surface area contributed by atoms with Crippen LogP contribution in [0.4, 0.5) is 0 Å². The number of hydrogen-bond acceptors (Lipinski definition) is 2. The van der Waals surface area contributed by atoms with Crippen molar-refractivity contribution < 1.29 is 9.59 Å². The number of likely N-dealkylation sites (tertiary alicyclic amines) is 1. The molecule has 0 aromatic heterocycles. The van der Waals surface area contributed by atoms with Crippen molar-refractivity contribution in [2.24, 2.45) is 0 Å². The minimum Gasteiger partial charge on any atom is -0.347 e. The second-order valence-electron chi connectivity index (χ2n) is 5.16. The van der Waals surface area contributed by atoms with Gasteiger partial charge in [0.1, 0.15) is 0 Å². The molecule has 1 aliphatic heterocycles. The average molecular weight is 323 g/mol. The van der Waals surface area contributed by atoms with Crippen LogP contribution in [0.3, 0.4) is 0 Å². The highest BCUT2D eigenvalue weighted by molar-refractivity contribution is 9.10. The van der Waals surface area contributed by atoms with Gasteiger partial charge in [-0.3, -0.25) is 9.59 Å². The fourth-order valence-electron chi connectivity index (χ4n) is 2.47. The zero-order valence-electron chi connectivity index (χ0n) is 10.4. The van der Waals surface area contributed by atoms with Crippen LogP contribution in [0.5, 0.6) is 0 Å². The summed E-state index contributed by atoms with van der Waals surface area (Å²) in [4.78, 5) is 25.8. The zero-order valence-corrected chi connectivity index (χ0v) is 12.0. The molecule has 1 atom stereocenters. The topological polar surface area (TPSA) is 49.4 Å².